The number of nitrogens with zero attached hydrogens (tertiary/aromatic N) is 2. The molecule has 1 aromatic heterocycles. The molecular weight excluding hydrogens is 278 g/mol. The Morgan fingerprint density at radius 1 is 1.41 bits per heavy atom. The highest BCUT2D eigenvalue weighted by Crippen LogP contribution is 2.42. The second-order valence-electron chi connectivity index (χ2n) is 5.79. The van der Waals surface area contributed by atoms with Gasteiger partial charge in [-0.1, -0.05) is 18.2 Å². The normalized spacial score (nSPS) is 15.5. The van der Waals surface area contributed by atoms with E-state index >= 15 is 0 Å². The minimum absolute atomic E-state index is 0.0235. The zero-order valence-corrected chi connectivity index (χ0v) is 13.0. The Hall–Kier alpha value is -2.14. The van der Waals surface area contributed by atoms with Gasteiger partial charge in [-0.05, 0) is 31.9 Å². The second-order valence-corrected chi connectivity index (χ2v) is 5.79. The molecule has 0 spiro atoms. The number of hydrogen-bond donors (Lipinski definition) is 1. The van der Waals surface area contributed by atoms with Gasteiger partial charge in [0.1, 0.15) is 0 Å². The van der Waals surface area contributed by atoms with E-state index in [9.17, 15) is 4.79 Å². The van der Waals surface area contributed by atoms with Crippen molar-refractivity contribution in [3.05, 3.63) is 47.8 Å². The predicted molar refractivity (Wildman–Crippen MR) is 84.3 cm³/mol. The fraction of sp³-hybridized carbons (Fsp3) is 0.412. The molecule has 0 unspecified atom stereocenters. The number of nitrogens with one attached hydrogen (secondary N) is 1. The first kappa shape index (κ1) is 14.8. The number of methoxy groups -OCH3 is 1. The highest BCUT2D eigenvalue weighted by atomic mass is 16.5. The molecule has 1 aliphatic rings. The number of benzene rings is 1. The maximum absolute atomic E-state index is 12.5. The van der Waals surface area contributed by atoms with Crippen LogP contribution in [0.4, 0.5) is 0 Å². The lowest BCUT2D eigenvalue weighted by atomic mass is 10.1. The zero-order chi connectivity index (χ0) is 15.5. The minimum Gasteiger partial charge on any atom is -0.383 e. The standard InChI is InChI=1S/C17H21N3O2/c1-12(11-22-2)19-17(21)15-10-18-20(16(15)13-8-9-13)14-6-4-3-5-7-14/h3-7,10,12-13H,8-9,11H2,1-2H3,(H,19,21)/t12-/m1/s1. The van der Waals surface area contributed by atoms with Gasteiger partial charge in [-0.3, -0.25) is 4.79 Å². The summed E-state index contributed by atoms with van der Waals surface area (Å²) in [7, 11) is 1.63. The van der Waals surface area contributed by atoms with Crippen LogP contribution in [-0.2, 0) is 4.74 Å². The molecule has 22 heavy (non-hydrogen) atoms. The van der Waals surface area contributed by atoms with Crippen molar-refractivity contribution in [1.29, 1.82) is 0 Å². The number of hydrogen-bond acceptors (Lipinski definition) is 3. The lowest BCUT2D eigenvalue weighted by molar-refractivity contribution is 0.0904. The largest absolute Gasteiger partial charge is 0.383 e. The molecule has 1 aliphatic carbocycles. The van der Waals surface area contributed by atoms with Gasteiger partial charge >= 0.3 is 0 Å². The number of amides is 1. The number of carbonyl (C=O) groups is 1. The molecule has 5 nitrogen and oxygen atoms in total. The summed E-state index contributed by atoms with van der Waals surface area (Å²) >= 11 is 0. The lowest BCUT2D eigenvalue weighted by Crippen LogP contribution is -2.35. The van der Waals surface area contributed by atoms with Crippen LogP contribution in [0.3, 0.4) is 0 Å². The topological polar surface area (TPSA) is 56.1 Å². The highest BCUT2D eigenvalue weighted by molar-refractivity contribution is 5.95. The quantitative estimate of drug-likeness (QED) is 0.891. The molecule has 116 valence electrons. The number of aromatic nitrogens is 2. The molecule has 0 bridgehead atoms. The molecule has 5 heteroatoms. The third-order valence-electron chi connectivity index (χ3n) is 3.81. The average molecular weight is 299 g/mol. The number of para-hydroxylation sites is 1. The van der Waals surface area contributed by atoms with E-state index in [2.05, 4.69) is 10.4 Å². The average Bonchev–Trinajstić information content (AvgIpc) is 3.26. The van der Waals surface area contributed by atoms with E-state index < -0.39 is 0 Å². The van der Waals surface area contributed by atoms with Gasteiger partial charge in [-0.2, -0.15) is 5.10 Å². The number of rotatable bonds is 6. The van der Waals surface area contributed by atoms with Crippen molar-refractivity contribution in [2.75, 3.05) is 13.7 Å². The van der Waals surface area contributed by atoms with Crippen molar-refractivity contribution in [3.63, 3.8) is 0 Å². The van der Waals surface area contributed by atoms with Crippen LogP contribution in [0.25, 0.3) is 5.69 Å². The molecule has 1 heterocycles. The van der Waals surface area contributed by atoms with Crippen LogP contribution in [0.1, 0.15) is 41.7 Å². The predicted octanol–water partition coefficient (Wildman–Crippen LogP) is 2.51. The monoisotopic (exact) mass is 299 g/mol. The van der Waals surface area contributed by atoms with E-state index in [1.54, 1.807) is 13.3 Å². The van der Waals surface area contributed by atoms with Gasteiger partial charge in [0.2, 0.25) is 0 Å². The van der Waals surface area contributed by atoms with Crippen LogP contribution in [-0.4, -0.2) is 35.4 Å². The minimum atomic E-state index is -0.0753. The Balaban J connectivity index is 1.89. The summed E-state index contributed by atoms with van der Waals surface area (Å²) in [6.07, 6.45) is 3.91. The van der Waals surface area contributed by atoms with Crippen molar-refractivity contribution < 1.29 is 9.53 Å². The van der Waals surface area contributed by atoms with E-state index in [0.717, 1.165) is 24.2 Å². The SMILES string of the molecule is COC[C@@H](C)NC(=O)c1cnn(-c2ccccc2)c1C1CC1. The van der Waals surface area contributed by atoms with Gasteiger partial charge in [-0.15, -0.1) is 0 Å². The molecule has 0 radical (unpaired) electrons. The molecular formula is C17H21N3O2. The van der Waals surface area contributed by atoms with E-state index in [1.165, 1.54) is 0 Å². The Morgan fingerprint density at radius 3 is 2.77 bits per heavy atom. The van der Waals surface area contributed by atoms with Gasteiger partial charge in [0.05, 0.1) is 29.7 Å². The molecule has 1 fully saturated rings. The molecule has 1 N–H and O–H groups in total. The second kappa shape index (κ2) is 6.32. The molecule has 3 rings (SSSR count). The summed E-state index contributed by atoms with van der Waals surface area (Å²) in [5.74, 6) is 0.356. The molecule has 0 aliphatic heterocycles. The van der Waals surface area contributed by atoms with Crippen LogP contribution in [0.15, 0.2) is 36.5 Å². The van der Waals surface area contributed by atoms with Gasteiger partial charge in [0.25, 0.3) is 5.91 Å². The van der Waals surface area contributed by atoms with Gasteiger partial charge < -0.3 is 10.1 Å². The van der Waals surface area contributed by atoms with Crippen LogP contribution in [0, 0.1) is 0 Å². The molecule has 1 atom stereocenters. The number of ether oxygens (including phenoxy) is 1. The van der Waals surface area contributed by atoms with Crippen LogP contribution < -0.4 is 5.32 Å². The lowest BCUT2D eigenvalue weighted by Gasteiger charge is -2.13. The molecule has 1 aromatic carbocycles. The smallest absolute Gasteiger partial charge is 0.255 e. The van der Waals surface area contributed by atoms with Gasteiger partial charge in [0, 0.05) is 19.1 Å². The maximum Gasteiger partial charge on any atom is 0.255 e. The van der Waals surface area contributed by atoms with Crippen molar-refractivity contribution >= 4 is 5.91 Å². The Morgan fingerprint density at radius 2 is 2.14 bits per heavy atom. The molecule has 0 saturated heterocycles. The molecule has 1 saturated carbocycles. The van der Waals surface area contributed by atoms with E-state index in [4.69, 9.17) is 4.74 Å². The van der Waals surface area contributed by atoms with Crippen LogP contribution >= 0.6 is 0 Å². The first-order chi connectivity index (χ1) is 10.7. The summed E-state index contributed by atoms with van der Waals surface area (Å²) in [4.78, 5) is 12.5. The van der Waals surface area contributed by atoms with E-state index in [0.29, 0.717) is 18.1 Å². The zero-order valence-electron chi connectivity index (χ0n) is 13.0. The summed E-state index contributed by atoms with van der Waals surface area (Å²) in [6, 6.07) is 9.93. The molecule has 2 aromatic rings. The molecule has 1 amide bonds. The van der Waals surface area contributed by atoms with Crippen LogP contribution in [0.5, 0.6) is 0 Å². The highest BCUT2D eigenvalue weighted by Gasteiger charge is 2.33. The Bertz CT molecular complexity index is 647. The Kier molecular flexibility index (Phi) is 4.24. The summed E-state index contributed by atoms with van der Waals surface area (Å²) in [6.45, 7) is 2.43. The summed E-state index contributed by atoms with van der Waals surface area (Å²) in [5.41, 5.74) is 2.69. The third kappa shape index (κ3) is 3.04. The van der Waals surface area contributed by atoms with E-state index in [1.807, 2.05) is 41.9 Å². The number of carbonyl (C=O) groups excluding carboxylic acids is 1. The van der Waals surface area contributed by atoms with Crippen molar-refractivity contribution in [3.8, 4) is 5.69 Å². The van der Waals surface area contributed by atoms with Crippen molar-refractivity contribution in [2.24, 2.45) is 0 Å². The third-order valence-corrected chi connectivity index (χ3v) is 3.81. The van der Waals surface area contributed by atoms with Gasteiger partial charge in [-0.25, -0.2) is 4.68 Å². The first-order valence-electron chi connectivity index (χ1n) is 7.64. The fourth-order valence-corrected chi connectivity index (χ4v) is 2.65. The van der Waals surface area contributed by atoms with Crippen molar-refractivity contribution in [1.82, 2.24) is 15.1 Å². The first-order valence-corrected chi connectivity index (χ1v) is 7.64. The van der Waals surface area contributed by atoms with Gasteiger partial charge in [0.15, 0.2) is 0 Å². The van der Waals surface area contributed by atoms with E-state index in [-0.39, 0.29) is 11.9 Å². The summed E-state index contributed by atoms with van der Waals surface area (Å²) in [5, 5.41) is 7.41. The van der Waals surface area contributed by atoms with Crippen molar-refractivity contribution in [2.45, 2.75) is 31.7 Å². The van der Waals surface area contributed by atoms with Crippen LogP contribution in [0.2, 0.25) is 0 Å². The summed E-state index contributed by atoms with van der Waals surface area (Å²) < 4.78 is 6.97. The fourth-order valence-electron chi connectivity index (χ4n) is 2.65. The maximum atomic E-state index is 12.5. The Labute approximate surface area is 130 Å².